The van der Waals surface area contributed by atoms with E-state index in [0.29, 0.717) is 13.2 Å². The maximum atomic E-state index is 13.4. The van der Waals surface area contributed by atoms with Gasteiger partial charge in [-0.15, -0.1) is 0 Å². The summed E-state index contributed by atoms with van der Waals surface area (Å²) in [4.78, 5) is 43.9. The topological polar surface area (TPSA) is 149 Å². The molecule has 0 aromatic heterocycles. The van der Waals surface area contributed by atoms with Crippen molar-refractivity contribution in [2.75, 3.05) is 52.7 Å². The summed E-state index contributed by atoms with van der Waals surface area (Å²) >= 11 is 0. The molecule has 0 aliphatic carbocycles. The Hall–Kier alpha value is -2.08. The summed E-state index contributed by atoms with van der Waals surface area (Å²) in [5.74, 6) is -0.903. The minimum atomic E-state index is -0.916. The molecule has 0 saturated carbocycles. The Morgan fingerprint density at radius 3 is 1.21 bits per heavy atom. The number of unbranched alkanes of at least 4 members (excludes halogenated alkanes) is 25. The lowest BCUT2D eigenvalue weighted by Crippen LogP contribution is -2.50. The van der Waals surface area contributed by atoms with Crippen LogP contribution >= 0.6 is 0 Å². The average Bonchev–Trinajstić information content (AvgIpc) is 3.33. The van der Waals surface area contributed by atoms with Crippen molar-refractivity contribution < 1.29 is 48.3 Å². The number of hydrogen-bond acceptors (Lipinski definition) is 11. The Kier molecular flexibility index (Phi) is 58.5. The summed E-state index contributed by atoms with van der Waals surface area (Å²) < 4.78 is 23.0. The second kappa shape index (κ2) is 54.9. The summed E-state index contributed by atoms with van der Waals surface area (Å²) in [7, 11) is 0. The molecule has 0 aliphatic heterocycles. The Bertz CT molecular complexity index is 991. The molecule has 402 valence electrons. The smallest absolute Gasteiger partial charge is 0.465 e. The number of aliphatic hydroxyl groups excluding tert-OH is 2. The lowest BCUT2D eigenvalue weighted by Gasteiger charge is -2.42. The van der Waals surface area contributed by atoms with Crippen LogP contribution in [0.15, 0.2) is 0 Å². The van der Waals surface area contributed by atoms with Gasteiger partial charge in [-0.1, -0.05) is 208 Å². The number of nitrogens with zero attached hydrogens (tertiary/aromatic N) is 1. The summed E-state index contributed by atoms with van der Waals surface area (Å²) in [6.07, 6.45) is 38.0. The van der Waals surface area contributed by atoms with Crippen molar-refractivity contribution in [1.29, 1.82) is 0 Å². The molecule has 0 radical (unpaired) electrons. The second-order valence-corrected chi connectivity index (χ2v) is 19.5. The van der Waals surface area contributed by atoms with Crippen LogP contribution in [-0.4, -0.2) is 105 Å². The van der Waals surface area contributed by atoms with Gasteiger partial charge < -0.3 is 43.6 Å². The van der Waals surface area contributed by atoms with Gasteiger partial charge in [-0.2, -0.15) is 0 Å². The highest BCUT2D eigenvalue weighted by atomic mass is 16.7. The maximum Gasteiger partial charge on any atom is 0.508 e. The number of esters is 1. The van der Waals surface area contributed by atoms with Gasteiger partial charge in [-0.05, 0) is 66.5 Å². The molecule has 0 aliphatic rings. The number of carbonyl (C=O) groups is 4. The predicted molar refractivity (Wildman–Crippen MR) is 281 cm³/mol. The maximum absolute atomic E-state index is 13.4. The van der Waals surface area contributed by atoms with Gasteiger partial charge in [0.1, 0.15) is 20.2 Å². The largest absolute Gasteiger partial charge is 0.508 e. The van der Waals surface area contributed by atoms with Gasteiger partial charge in [-0.3, -0.25) is 4.79 Å². The normalized spacial score (nSPS) is 11.8. The fourth-order valence-corrected chi connectivity index (χ4v) is 7.77. The molecule has 2 N–H and O–H groups in total. The molecular weight excluding hydrogens is 847 g/mol. The van der Waals surface area contributed by atoms with Crippen LogP contribution in [0.3, 0.4) is 0 Å². The molecule has 0 spiro atoms. The van der Waals surface area contributed by atoms with E-state index in [4.69, 9.17) is 33.6 Å². The molecule has 11 nitrogen and oxygen atoms in total. The molecule has 0 aromatic carbocycles. The van der Waals surface area contributed by atoms with E-state index >= 15 is 0 Å². The van der Waals surface area contributed by atoms with Crippen LogP contribution in [0, 0.1) is 11.3 Å². The fraction of sp³-hybridized carbons (Fsp3) is 0.929. The summed E-state index contributed by atoms with van der Waals surface area (Å²) in [6.45, 7) is 26.3. The van der Waals surface area contributed by atoms with Crippen molar-refractivity contribution >= 4 is 25.7 Å². The molecule has 1 unspecified atom stereocenters. The lowest BCUT2D eigenvalue weighted by atomic mass is 9.76. The van der Waals surface area contributed by atoms with Crippen molar-refractivity contribution in [3.05, 3.63) is 0 Å². The van der Waals surface area contributed by atoms with E-state index in [1.165, 1.54) is 148 Å². The first-order valence-electron chi connectivity index (χ1n) is 27.6. The monoisotopic (exact) mass is 960 g/mol. The molecule has 67 heavy (non-hydrogen) atoms. The number of rotatable bonds is 45. The third kappa shape index (κ3) is 46.1. The highest BCUT2D eigenvalue weighted by molar-refractivity contribution is 5.77. The molecule has 11 heteroatoms. The number of ether oxygens (including phenoxy) is 4. The standard InChI is InChI=1S/C47H92O7.C7H17NO.2CH2O/c1-8-11-14-17-20-21-22-23-24-25-26-27-28-29-32-35-38-51-45(50)53-41-42(39-48)40-52-44(49)46(4,5)47(6,7)54-43(36-33-30-18-15-12-9-2)37-34-31-19-16-13-10-3;1-3-8(4-2)6-5-7-9;2*1-2/h42-43,48H,8-41H2,1-7H3;9H,3-7H2,1-2H3;2*1H2. The highest BCUT2D eigenvalue weighted by Crippen LogP contribution is 2.38. The molecule has 0 heterocycles. The first-order chi connectivity index (χ1) is 32.4. The summed E-state index contributed by atoms with van der Waals surface area (Å²) in [5.41, 5.74) is -1.67. The van der Waals surface area contributed by atoms with Crippen LogP contribution in [0.2, 0.25) is 0 Å². The third-order valence-electron chi connectivity index (χ3n) is 13.1. The van der Waals surface area contributed by atoms with Crippen molar-refractivity contribution in [3.8, 4) is 0 Å². The molecule has 0 rings (SSSR count). The number of hydrogen-bond donors (Lipinski definition) is 2. The van der Waals surface area contributed by atoms with Gasteiger partial charge in [0.05, 0.1) is 42.9 Å². The highest BCUT2D eigenvalue weighted by Gasteiger charge is 2.47. The van der Waals surface area contributed by atoms with E-state index in [-0.39, 0.29) is 31.9 Å². The lowest BCUT2D eigenvalue weighted by molar-refractivity contribution is -0.186. The zero-order valence-corrected chi connectivity index (χ0v) is 45.8. The molecule has 1 atom stereocenters. The number of aliphatic hydroxyl groups is 2. The van der Waals surface area contributed by atoms with Gasteiger partial charge in [0.2, 0.25) is 0 Å². The van der Waals surface area contributed by atoms with Crippen LogP contribution in [-0.2, 0) is 33.3 Å². The first kappa shape index (κ1) is 71.5. The Morgan fingerprint density at radius 1 is 0.493 bits per heavy atom. The Balaban J connectivity index is -0.00000134. The predicted octanol–water partition coefficient (Wildman–Crippen LogP) is 14.6. The van der Waals surface area contributed by atoms with Crippen molar-refractivity contribution in [2.45, 2.75) is 273 Å². The average molecular weight is 961 g/mol. The van der Waals surface area contributed by atoms with E-state index in [2.05, 4.69) is 39.5 Å². The van der Waals surface area contributed by atoms with E-state index < -0.39 is 23.1 Å². The van der Waals surface area contributed by atoms with Crippen LogP contribution < -0.4 is 0 Å². The van der Waals surface area contributed by atoms with Gasteiger partial charge in [0.15, 0.2) is 0 Å². The quantitative estimate of drug-likeness (QED) is 0.0444. The van der Waals surface area contributed by atoms with Gasteiger partial charge in [-0.25, -0.2) is 4.79 Å². The van der Waals surface area contributed by atoms with Gasteiger partial charge >= 0.3 is 12.1 Å². The minimum Gasteiger partial charge on any atom is -0.465 e. The zero-order valence-electron chi connectivity index (χ0n) is 45.8. The van der Waals surface area contributed by atoms with Crippen LogP contribution in [0.4, 0.5) is 4.79 Å². The molecule has 0 saturated heterocycles. The molecular formula is C56H113NO10. The Morgan fingerprint density at radius 2 is 0.851 bits per heavy atom. The van der Waals surface area contributed by atoms with E-state index in [0.717, 1.165) is 71.0 Å². The SMILES string of the molecule is C=O.C=O.CCCCCCCCCCCCCCCCCCOC(=O)OCC(CO)COC(=O)C(C)(C)C(C)(C)OC(CCCCCCCC)CCCCCCCC.CCN(CC)CCCO. The first-order valence-corrected chi connectivity index (χ1v) is 27.6. The van der Waals surface area contributed by atoms with Gasteiger partial charge in [0.25, 0.3) is 0 Å². The van der Waals surface area contributed by atoms with Crippen LogP contribution in [0.1, 0.15) is 261 Å². The third-order valence-corrected chi connectivity index (χ3v) is 13.1. The second-order valence-electron chi connectivity index (χ2n) is 19.5. The molecule has 0 amide bonds. The van der Waals surface area contributed by atoms with E-state index in [1.54, 1.807) is 0 Å². The van der Waals surface area contributed by atoms with E-state index in [9.17, 15) is 14.7 Å². The van der Waals surface area contributed by atoms with Crippen molar-refractivity contribution in [2.24, 2.45) is 11.3 Å². The fourth-order valence-electron chi connectivity index (χ4n) is 7.77. The Labute approximate surface area is 414 Å². The van der Waals surface area contributed by atoms with E-state index in [1.807, 2.05) is 41.3 Å². The van der Waals surface area contributed by atoms with Gasteiger partial charge in [0, 0.05) is 13.2 Å². The van der Waals surface area contributed by atoms with Crippen LogP contribution in [0.25, 0.3) is 0 Å². The van der Waals surface area contributed by atoms with Crippen LogP contribution in [0.5, 0.6) is 0 Å². The molecule has 0 bridgehead atoms. The molecule has 0 fully saturated rings. The summed E-state index contributed by atoms with van der Waals surface area (Å²) in [5, 5.41) is 18.4. The minimum absolute atomic E-state index is 0.0415. The van der Waals surface area contributed by atoms with Crippen molar-refractivity contribution in [1.82, 2.24) is 4.90 Å². The molecule has 0 aromatic rings. The van der Waals surface area contributed by atoms with Crippen molar-refractivity contribution in [3.63, 3.8) is 0 Å². The summed E-state index contributed by atoms with van der Waals surface area (Å²) in [6, 6.07) is 0. The number of carbonyl (C=O) groups excluding carboxylic acids is 4. The zero-order chi connectivity index (χ0) is 51.3.